The summed E-state index contributed by atoms with van der Waals surface area (Å²) in [5.74, 6) is 0.557. The lowest BCUT2D eigenvalue weighted by molar-refractivity contribution is 0.102. The monoisotopic (exact) mass is 387 g/mol. The topological polar surface area (TPSA) is 54.5 Å². The quantitative estimate of drug-likeness (QED) is 0.690. The van der Waals surface area contributed by atoms with Crippen molar-refractivity contribution in [2.75, 3.05) is 16.8 Å². The lowest BCUT2D eigenvalue weighted by Crippen LogP contribution is -2.30. The van der Waals surface area contributed by atoms with Gasteiger partial charge in [0.15, 0.2) is 0 Å². The van der Waals surface area contributed by atoms with Gasteiger partial charge >= 0.3 is 0 Å². The SMILES string of the molecule is CC(C)Oc1ccc(NC(=O)c2ccc(N3CCc4ccccc4C3)cn2)cc1. The van der Waals surface area contributed by atoms with E-state index in [4.69, 9.17) is 4.74 Å². The van der Waals surface area contributed by atoms with Crippen LogP contribution in [0.15, 0.2) is 66.9 Å². The number of rotatable bonds is 5. The zero-order valence-electron chi connectivity index (χ0n) is 16.8. The predicted octanol–water partition coefficient (Wildman–Crippen LogP) is 4.68. The number of amides is 1. The van der Waals surface area contributed by atoms with Crippen LogP contribution in [0.25, 0.3) is 0 Å². The number of benzene rings is 2. The van der Waals surface area contributed by atoms with Gasteiger partial charge in [-0.25, -0.2) is 4.98 Å². The maximum atomic E-state index is 12.5. The van der Waals surface area contributed by atoms with Crippen molar-refractivity contribution in [1.82, 2.24) is 4.98 Å². The predicted molar refractivity (Wildman–Crippen MR) is 116 cm³/mol. The van der Waals surface area contributed by atoms with Crippen LogP contribution in [0, 0.1) is 0 Å². The van der Waals surface area contributed by atoms with Crippen LogP contribution in [0.5, 0.6) is 5.75 Å². The molecule has 5 heteroatoms. The van der Waals surface area contributed by atoms with Gasteiger partial charge in [-0.15, -0.1) is 0 Å². The fourth-order valence-corrected chi connectivity index (χ4v) is 3.51. The van der Waals surface area contributed by atoms with Crippen molar-refractivity contribution in [2.24, 2.45) is 0 Å². The maximum absolute atomic E-state index is 12.5. The highest BCUT2D eigenvalue weighted by Gasteiger charge is 2.17. The Morgan fingerprint density at radius 1 is 1.03 bits per heavy atom. The van der Waals surface area contributed by atoms with Crippen molar-refractivity contribution < 1.29 is 9.53 Å². The summed E-state index contributed by atoms with van der Waals surface area (Å²) in [6, 6.07) is 19.6. The molecule has 1 amide bonds. The molecule has 3 aromatic rings. The molecule has 148 valence electrons. The van der Waals surface area contributed by atoms with Gasteiger partial charge in [0.25, 0.3) is 5.91 Å². The van der Waals surface area contributed by atoms with Gasteiger partial charge in [0.1, 0.15) is 11.4 Å². The molecule has 0 saturated heterocycles. The smallest absolute Gasteiger partial charge is 0.274 e. The van der Waals surface area contributed by atoms with Gasteiger partial charge in [0.05, 0.1) is 18.0 Å². The summed E-state index contributed by atoms with van der Waals surface area (Å²) in [4.78, 5) is 19.2. The molecule has 2 aromatic carbocycles. The number of fused-ring (bicyclic) bond motifs is 1. The summed E-state index contributed by atoms with van der Waals surface area (Å²) < 4.78 is 5.62. The van der Waals surface area contributed by atoms with Crippen LogP contribution in [0.2, 0.25) is 0 Å². The minimum Gasteiger partial charge on any atom is -0.491 e. The fraction of sp³-hybridized carbons (Fsp3) is 0.250. The molecule has 0 aliphatic carbocycles. The Kier molecular flexibility index (Phi) is 5.47. The van der Waals surface area contributed by atoms with Gasteiger partial charge in [0, 0.05) is 18.8 Å². The van der Waals surface area contributed by atoms with E-state index < -0.39 is 0 Å². The summed E-state index contributed by atoms with van der Waals surface area (Å²) in [6.07, 6.45) is 2.92. The molecule has 0 atom stereocenters. The first-order valence-electron chi connectivity index (χ1n) is 9.94. The van der Waals surface area contributed by atoms with E-state index in [1.165, 1.54) is 11.1 Å². The molecule has 0 radical (unpaired) electrons. The number of carbonyl (C=O) groups is 1. The van der Waals surface area contributed by atoms with Crippen LogP contribution in [0.1, 0.15) is 35.5 Å². The third kappa shape index (κ3) is 4.57. The van der Waals surface area contributed by atoms with Crippen molar-refractivity contribution in [2.45, 2.75) is 32.9 Å². The second kappa shape index (κ2) is 8.35. The Morgan fingerprint density at radius 2 is 1.79 bits per heavy atom. The van der Waals surface area contributed by atoms with Crippen LogP contribution in [0.4, 0.5) is 11.4 Å². The lowest BCUT2D eigenvalue weighted by atomic mass is 10.00. The minimum absolute atomic E-state index is 0.117. The van der Waals surface area contributed by atoms with Crippen molar-refractivity contribution in [3.63, 3.8) is 0 Å². The average molecular weight is 387 g/mol. The van der Waals surface area contributed by atoms with E-state index in [1.807, 2.05) is 44.2 Å². The molecule has 29 heavy (non-hydrogen) atoms. The molecular formula is C24H25N3O2. The number of ether oxygens (including phenoxy) is 1. The molecule has 0 spiro atoms. The Morgan fingerprint density at radius 3 is 2.48 bits per heavy atom. The van der Waals surface area contributed by atoms with Crippen molar-refractivity contribution >= 4 is 17.3 Å². The molecule has 4 rings (SSSR count). The van der Waals surface area contributed by atoms with Gasteiger partial charge in [-0.3, -0.25) is 4.79 Å². The molecule has 1 N–H and O–H groups in total. The second-order valence-corrected chi connectivity index (χ2v) is 7.49. The van der Waals surface area contributed by atoms with Gasteiger partial charge in [-0.2, -0.15) is 0 Å². The maximum Gasteiger partial charge on any atom is 0.274 e. The summed E-state index contributed by atoms with van der Waals surface area (Å²) in [7, 11) is 0. The van der Waals surface area contributed by atoms with Crippen molar-refractivity contribution in [3.05, 3.63) is 83.7 Å². The van der Waals surface area contributed by atoms with Crippen LogP contribution in [-0.4, -0.2) is 23.5 Å². The molecule has 0 bridgehead atoms. The highest BCUT2D eigenvalue weighted by Crippen LogP contribution is 2.24. The van der Waals surface area contributed by atoms with Crippen molar-refractivity contribution in [3.8, 4) is 5.75 Å². The van der Waals surface area contributed by atoms with Crippen LogP contribution in [-0.2, 0) is 13.0 Å². The van der Waals surface area contributed by atoms with Gasteiger partial charge in [-0.05, 0) is 67.8 Å². The molecule has 0 unspecified atom stereocenters. The van der Waals surface area contributed by atoms with Crippen LogP contribution < -0.4 is 15.0 Å². The zero-order valence-corrected chi connectivity index (χ0v) is 16.8. The molecule has 1 aliphatic rings. The summed E-state index contributed by atoms with van der Waals surface area (Å²) in [5, 5.41) is 2.88. The Bertz CT molecular complexity index is 982. The minimum atomic E-state index is -0.224. The third-order valence-corrected chi connectivity index (χ3v) is 4.96. The first-order chi connectivity index (χ1) is 14.1. The molecule has 1 aliphatic heterocycles. The number of anilines is 2. The number of nitrogens with one attached hydrogen (secondary N) is 1. The lowest BCUT2D eigenvalue weighted by Gasteiger charge is -2.30. The van der Waals surface area contributed by atoms with Crippen LogP contribution >= 0.6 is 0 Å². The number of nitrogens with zero attached hydrogens (tertiary/aromatic N) is 2. The largest absolute Gasteiger partial charge is 0.491 e. The van der Waals surface area contributed by atoms with E-state index in [9.17, 15) is 4.79 Å². The first-order valence-corrected chi connectivity index (χ1v) is 9.94. The van der Waals surface area contributed by atoms with Crippen LogP contribution in [0.3, 0.4) is 0 Å². The summed E-state index contributed by atoms with van der Waals surface area (Å²) in [5.41, 5.74) is 4.91. The normalized spacial score (nSPS) is 13.1. The number of hydrogen-bond donors (Lipinski definition) is 1. The molecule has 0 saturated carbocycles. The van der Waals surface area contributed by atoms with E-state index in [1.54, 1.807) is 12.3 Å². The van der Waals surface area contributed by atoms with Gasteiger partial charge < -0.3 is 15.0 Å². The highest BCUT2D eigenvalue weighted by molar-refractivity contribution is 6.02. The summed E-state index contributed by atoms with van der Waals surface area (Å²) in [6.45, 7) is 5.78. The number of pyridine rings is 1. The zero-order chi connectivity index (χ0) is 20.2. The Balaban J connectivity index is 1.39. The van der Waals surface area contributed by atoms with E-state index in [0.29, 0.717) is 11.4 Å². The fourth-order valence-electron chi connectivity index (χ4n) is 3.51. The van der Waals surface area contributed by atoms with Gasteiger partial charge in [0.2, 0.25) is 0 Å². The average Bonchev–Trinajstić information content (AvgIpc) is 2.74. The highest BCUT2D eigenvalue weighted by atomic mass is 16.5. The second-order valence-electron chi connectivity index (χ2n) is 7.49. The first kappa shape index (κ1) is 19.0. The number of aromatic nitrogens is 1. The molecule has 2 heterocycles. The number of carbonyl (C=O) groups excluding carboxylic acids is 1. The summed E-state index contributed by atoms with van der Waals surface area (Å²) >= 11 is 0. The van der Waals surface area contributed by atoms with E-state index in [0.717, 1.165) is 30.9 Å². The molecule has 0 fully saturated rings. The van der Waals surface area contributed by atoms with E-state index in [2.05, 4.69) is 39.5 Å². The molecule has 1 aromatic heterocycles. The number of hydrogen-bond acceptors (Lipinski definition) is 4. The third-order valence-electron chi connectivity index (χ3n) is 4.96. The standard InChI is InChI=1S/C24H25N3O2/c1-17(2)29-22-10-7-20(8-11-22)26-24(28)23-12-9-21(15-25-23)27-14-13-18-5-3-4-6-19(18)16-27/h3-12,15,17H,13-14,16H2,1-2H3,(H,26,28). The molecular weight excluding hydrogens is 362 g/mol. The Hall–Kier alpha value is -3.34. The van der Waals surface area contributed by atoms with E-state index in [-0.39, 0.29) is 12.0 Å². The van der Waals surface area contributed by atoms with Gasteiger partial charge in [-0.1, -0.05) is 24.3 Å². The Labute approximate surface area is 171 Å². The van der Waals surface area contributed by atoms with E-state index >= 15 is 0 Å². The molecule has 5 nitrogen and oxygen atoms in total. The van der Waals surface area contributed by atoms with Crippen molar-refractivity contribution in [1.29, 1.82) is 0 Å².